The van der Waals surface area contributed by atoms with E-state index in [1.54, 1.807) is 0 Å². The van der Waals surface area contributed by atoms with Gasteiger partial charge in [-0.1, -0.05) is 26.7 Å². The molecule has 0 aromatic rings. The molecule has 0 saturated heterocycles. The fourth-order valence-corrected chi connectivity index (χ4v) is 4.39. The van der Waals surface area contributed by atoms with Crippen LogP contribution < -0.4 is 11.3 Å². The van der Waals surface area contributed by atoms with Crippen LogP contribution in [0.25, 0.3) is 0 Å². The SMILES string of the molecule is CC(C)CC1(C(CCCS(C)(=O)=O)NN)CCCC1. The van der Waals surface area contributed by atoms with Crippen molar-refractivity contribution in [3.8, 4) is 0 Å². The summed E-state index contributed by atoms with van der Waals surface area (Å²) in [4.78, 5) is 0. The van der Waals surface area contributed by atoms with Gasteiger partial charge in [-0.25, -0.2) is 8.42 Å². The van der Waals surface area contributed by atoms with Gasteiger partial charge in [-0.2, -0.15) is 0 Å². The van der Waals surface area contributed by atoms with E-state index in [1.165, 1.54) is 38.4 Å². The molecular formula is C14H30N2O2S. The zero-order chi connectivity index (χ0) is 14.5. The van der Waals surface area contributed by atoms with Gasteiger partial charge in [0, 0.05) is 18.1 Å². The van der Waals surface area contributed by atoms with E-state index in [0.717, 1.165) is 6.42 Å². The second kappa shape index (κ2) is 7.04. The highest BCUT2D eigenvalue weighted by Crippen LogP contribution is 2.46. The van der Waals surface area contributed by atoms with Crippen molar-refractivity contribution >= 4 is 9.84 Å². The zero-order valence-electron chi connectivity index (χ0n) is 12.6. The van der Waals surface area contributed by atoms with E-state index < -0.39 is 9.84 Å². The molecule has 0 heterocycles. The molecule has 1 rings (SSSR count). The molecule has 5 heteroatoms. The summed E-state index contributed by atoms with van der Waals surface area (Å²) in [5.41, 5.74) is 3.26. The van der Waals surface area contributed by atoms with E-state index in [-0.39, 0.29) is 17.2 Å². The van der Waals surface area contributed by atoms with Crippen molar-refractivity contribution < 1.29 is 8.42 Å². The van der Waals surface area contributed by atoms with Crippen molar-refractivity contribution in [3.63, 3.8) is 0 Å². The molecule has 0 radical (unpaired) electrons. The van der Waals surface area contributed by atoms with E-state index >= 15 is 0 Å². The fourth-order valence-electron chi connectivity index (χ4n) is 3.70. The highest BCUT2D eigenvalue weighted by atomic mass is 32.2. The molecule has 1 aliphatic carbocycles. The molecule has 0 aromatic carbocycles. The molecule has 0 aromatic heterocycles. The van der Waals surface area contributed by atoms with Crippen LogP contribution in [-0.2, 0) is 9.84 Å². The van der Waals surface area contributed by atoms with Gasteiger partial charge in [-0.15, -0.1) is 0 Å². The summed E-state index contributed by atoms with van der Waals surface area (Å²) < 4.78 is 22.5. The Bertz CT molecular complexity index is 360. The molecular weight excluding hydrogens is 260 g/mol. The predicted octanol–water partition coefficient (Wildman–Crippen LogP) is 2.25. The zero-order valence-corrected chi connectivity index (χ0v) is 13.4. The lowest BCUT2D eigenvalue weighted by Crippen LogP contribution is -2.48. The van der Waals surface area contributed by atoms with E-state index in [9.17, 15) is 8.42 Å². The molecule has 0 amide bonds. The minimum atomic E-state index is -2.86. The fraction of sp³-hybridized carbons (Fsp3) is 1.00. The first-order valence-electron chi connectivity index (χ1n) is 7.43. The van der Waals surface area contributed by atoms with Crippen LogP contribution in [0, 0.1) is 11.3 Å². The number of nitrogens with two attached hydrogens (primary N) is 1. The average molecular weight is 290 g/mol. The largest absolute Gasteiger partial charge is 0.271 e. The Morgan fingerprint density at radius 2 is 1.84 bits per heavy atom. The maximum atomic E-state index is 11.2. The van der Waals surface area contributed by atoms with Crippen molar-refractivity contribution in [2.45, 2.75) is 64.8 Å². The maximum Gasteiger partial charge on any atom is 0.147 e. The molecule has 114 valence electrons. The lowest BCUT2D eigenvalue weighted by atomic mass is 9.71. The number of sulfone groups is 1. The van der Waals surface area contributed by atoms with Crippen LogP contribution in [0.5, 0.6) is 0 Å². The molecule has 1 fully saturated rings. The van der Waals surface area contributed by atoms with Crippen molar-refractivity contribution in [2.24, 2.45) is 17.2 Å². The summed E-state index contributed by atoms with van der Waals surface area (Å²) in [6.45, 7) is 4.51. The second-order valence-corrected chi connectivity index (χ2v) is 8.92. The van der Waals surface area contributed by atoms with Gasteiger partial charge in [-0.05, 0) is 43.4 Å². The Hall–Kier alpha value is -0.130. The molecule has 1 saturated carbocycles. The van der Waals surface area contributed by atoms with Gasteiger partial charge in [0.05, 0.1) is 0 Å². The van der Waals surface area contributed by atoms with Gasteiger partial charge in [0.2, 0.25) is 0 Å². The summed E-state index contributed by atoms with van der Waals surface area (Å²) in [5.74, 6) is 6.69. The van der Waals surface area contributed by atoms with E-state index in [2.05, 4.69) is 19.3 Å². The number of hydrogen-bond donors (Lipinski definition) is 2. The first kappa shape index (κ1) is 16.9. The highest BCUT2D eigenvalue weighted by Gasteiger charge is 2.40. The van der Waals surface area contributed by atoms with Crippen LogP contribution in [-0.4, -0.2) is 26.5 Å². The van der Waals surface area contributed by atoms with Crippen LogP contribution in [0.15, 0.2) is 0 Å². The number of hydrogen-bond acceptors (Lipinski definition) is 4. The lowest BCUT2D eigenvalue weighted by molar-refractivity contribution is 0.147. The van der Waals surface area contributed by atoms with Gasteiger partial charge < -0.3 is 0 Å². The Morgan fingerprint density at radius 3 is 2.26 bits per heavy atom. The van der Waals surface area contributed by atoms with Crippen LogP contribution in [0.2, 0.25) is 0 Å². The summed E-state index contributed by atoms with van der Waals surface area (Å²) in [6, 6.07) is 0.249. The number of rotatable bonds is 8. The van der Waals surface area contributed by atoms with Gasteiger partial charge in [0.15, 0.2) is 0 Å². The summed E-state index contributed by atoms with van der Waals surface area (Å²) in [5, 5.41) is 0. The predicted molar refractivity (Wildman–Crippen MR) is 80.4 cm³/mol. The third kappa shape index (κ3) is 5.40. The molecule has 1 unspecified atom stereocenters. The third-order valence-corrected chi connectivity index (χ3v) is 5.39. The van der Waals surface area contributed by atoms with Gasteiger partial charge in [-0.3, -0.25) is 11.3 Å². The van der Waals surface area contributed by atoms with E-state index in [1.807, 2.05) is 0 Å². The smallest absolute Gasteiger partial charge is 0.147 e. The Kier molecular flexibility index (Phi) is 6.27. The van der Waals surface area contributed by atoms with Crippen LogP contribution in [0.3, 0.4) is 0 Å². The molecule has 4 nitrogen and oxygen atoms in total. The van der Waals surface area contributed by atoms with Crippen LogP contribution >= 0.6 is 0 Å². The first-order chi connectivity index (χ1) is 8.79. The second-order valence-electron chi connectivity index (χ2n) is 6.66. The Labute approximate surface area is 118 Å². The topological polar surface area (TPSA) is 72.2 Å². The van der Waals surface area contributed by atoms with Gasteiger partial charge in [0.1, 0.15) is 9.84 Å². The quantitative estimate of drug-likeness (QED) is 0.531. The van der Waals surface area contributed by atoms with Crippen molar-refractivity contribution in [3.05, 3.63) is 0 Å². The Balaban J connectivity index is 2.63. The third-order valence-electron chi connectivity index (χ3n) is 4.36. The van der Waals surface area contributed by atoms with Crippen molar-refractivity contribution in [2.75, 3.05) is 12.0 Å². The van der Waals surface area contributed by atoms with Gasteiger partial charge in [0.25, 0.3) is 0 Å². The van der Waals surface area contributed by atoms with Crippen molar-refractivity contribution in [1.29, 1.82) is 0 Å². The normalized spacial score (nSPS) is 20.9. The average Bonchev–Trinajstić information content (AvgIpc) is 2.71. The standard InChI is InChI=1S/C14H30N2O2S/c1-12(2)11-14(8-4-5-9-14)13(16-15)7-6-10-19(3,17)18/h12-13,16H,4-11,15H2,1-3H3. The van der Waals surface area contributed by atoms with E-state index in [0.29, 0.717) is 12.3 Å². The molecule has 1 aliphatic rings. The highest BCUT2D eigenvalue weighted by molar-refractivity contribution is 7.90. The lowest BCUT2D eigenvalue weighted by Gasteiger charge is -2.39. The number of nitrogens with one attached hydrogen (secondary N) is 1. The Morgan fingerprint density at radius 1 is 1.26 bits per heavy atom. The maximum absolute atomic E-state index is 11.2. The minimum Gasteiger partial charge on any atom is -0.271 e. The van der Waals surface area contributed by atoms with Crippen LogP contribution in [0.1, 0.15) is 58.8 Å². The molecule has 1 atom stereocenters. The molecule has 0 spiro atoms. The first-order valence-corrected chi connectivity index (χ1v) is 9.49. The minimum absolute atomic E-state index is 0.249. The molecule has 0 aliphatic heterocycles. The van der Waals surface area contributed by atoms with E-state index in [4.69, 9.17) is 5.84 Å². The molecule has 3 N–H and O–H groups in total. The van der Waals surface area contributed by atoms with Gasteiger partial charge >= 0.3 is 0 Å². The van der Waals surface area contributed by atoms with Crippen molar-refractivity contribution in [1.82, 2.24) is 5.43 Å². The summed E-state index contributed by atoms with van der Waals surface area (Å²) in [6.07, 6.45) is 9.04. The summed E-state index contributed by atoms with van der Waals surface area (Å²) in [7, 11) is -2.86. The monoisotopic (exact) mass is 290 g/mol. The van der Waals surface area contributed by atoms with Crippen LogP contribution in [0.4, 0.5) is 0 Å². The molecule has 19 heavy (non-hydrogen) atoms. The summed E-state index contributed by atoms with van der Waals surface area (Å²) >= 11 is 0. The number of hydrazine groups is 1. The molecule has 0 bridgehead atoms.